The zero-order chi connectivity index (χ0) is 19.2. The number of benzene rings is 1. The van der Waals surface area contributed by atoms with Gasteiger partial charge in [-0.25, -0.2) is 9.97 Å². The van der Waals surface area contributed by atoms with Crippen molar-refractivity contribution in [1.82, 2.24) is 14.9 Å². The van der Waals surface area contributed by atoms with Crippen LogP contribution >= 0.6 is 0 Å². The van der Waals surface area contributed by atoms with E-state index >= 15 is 0 Å². The summed E-state index contributed by atoms with van der Waals surface area (Å²) in [7, 11) is 0. The Hall–Kier alpha value is -2.64. The number of carbonyl (C=O) groups is 1. The molecule has 2 fully saturated rings. The van der Waals surface area contributed by atoms with Crippen LogP contribution in [0.25, 0.3) is 0 Å². The minimum Gasteiger partial charge on any atom is -0.356 e. The lowest BCUT2D eigenvalue weighted by molar-refractivity contribution is -0.144. The Bertz CT molecular complexity index is 842. The minimum atomic E-state index is -4.57. The molecule has 0 bridgehead atoms. The van der Waals surface area contributed by atoms with Crippen molar-refractivity contribution >= 4 is 11.7 Å². The predicted octanol–water partition coefficient (Wildman–Crippen LogP) is 3.15. The zero-order valence-electron chi connectivity index (χ0n) is 14.7. The molecule has 0 unspecified atom stereocenters. The van der Waals surface area contributed by atoms with Gasteiger partial charge in [0.1, 0.15) is 5.82 Å². The summed E-state index contributed by atoms with van der Waals surface area (Å²) in [5.74, 6) is -0.467. The van der Waals surface area contributed by atoms with Crippen molar-refractivity contribution in [1.29, 1.82) is 0 Å². The first-order valence-electron chi connectivity index (χ1n) is 8.82. The molecule has 0 saturated carbocycles. The Morgan fingerprint density at radius 2 is 1.85 bits per heavy atom. The molecular formula is C19H19F3N4O. The largest absolute Gasteiger partial charge is 0.451 e. The Balaban J connectivity index is 1.61. The third-order valence-electron chi connectivity index (χ3n) is 5.43. The van der Waals surface area contributed by atoms with Crippen molar-refractivity contribution in [3.8, 4) is 0 Å². The fraction of sp³-hybridized carbons (Fsp3) is 0.421. The quantitative estimate of drug-likeness (QED) is 0.808. The standard InChI is InChI=1S/C19H19F3N4O/c1-12(27)26-10-14-9-25(16-7-8-23-18(24-16)19(20,21)22)11-15(14)17(26)13-5-3-2-4-6-13/h2-8,14-15,17H,9-11H2,1H3/t14-,15-,17-/m1/s1. The molecule has 1 amide bonds. The van der Waals surface area contributed by atoms with Crippen LogP contribution in [0.3, 0.4) is 0 Å². The summed E-state index contributed by atoms with van der Waals surface area (Å²) in [5.41, 5.74) is 1.06. The van der Waals surface area contributed by atoms with E-state index in [9.17, 15) is 18.0 Å². The van der Waals surface area contributed by atoms with E-state index in [1.165, 1.54) is 6.07 Å². The number of amides is 1. The number of fused-ring (bicyclic) bond motifs is 1. The molecule has 3 atom stereocenters. The number of nitrogens with zero attached hydrogens (tertiary/aromatic N) is 4. The Labute approximate surface area is 154 Å². The maximum atomic E-state index is 12.9. The Morgan fingerprint density at radius 3 is 2.52 bits per heavy atom. The minimum absolute atomic E-state index is 0.0196. The van der Waals surface area contributed by atoms with Crippen LogP contribution in [0.2, 0.25) is 0 Å². The molecule has 142 valence electrons. The number of alkyl halides is 3. The highest BCUT2D eigenvalue weighted by atomic mass is 19.4. The molecule has 1 aromatic heterocycles. The van der Waals surface area contributed by atoms with Gasteiger partial charge in [0.15, 0.2) is 0 Å². The Kier molecular flexibility index (Phi) is 4.28. The molecule has 0 aliphatic carbocycles. The molecular weight excluding hydrogens is 357 g/mol. The van der Waals surface area contributed by atoms with Crippen LogP contribution in [-0.2, 0) is 11.0 Å². The first-order chi connectivity index (χ1) is 12.8. The zero-order valence-corrected chi connectivity index (χ0v) is 14.7. The van der Waals surface area contributed by atoms with Crippen LogP contribution in [0.5, 0.6) is 0 Å². The monoisotopic (exact) mass is 376 g/mol. The van der Waals surface area contributed by atoms with Gasteiger partial charge in [0.05, 0.1) is 6.04 Å². The molecule has 3 heterocycles. The summed E-state index contributed by atoms with van der Waals surface area (Å²) in [6, 6.07) is 11.2. The van der Waals surface area contributed by atoms with Crippen molar-refractivity contribution in [3.05, 3.63) is 54.0 Å². The number of hydrogen-bond donors (Lipinski definition) is 0. The van der Waals surface area contributed by atoms with Gasteiger partial charge in [-0.15, -0.1) is 0 Å². The van der Waals surface area contributed by atoms with Crippen molar-refractivity contribution in [2.75, 3.05) is 24.5 Å². The lowest BCUT2D eigenvalue weighted by atomic mass is 9.89. The van der Waals surface area contributed by atoms with Crippen molar-refractivity contribution in [2.45, 2.75) is 19.1 Å². The molecule has 27 heavy (non-hydrogen) atoms. The third-order valence-corrected chi connectivity index (χ3v) is 5.43. The van der Waals surface area contributed by atoms with E-state index in [-0.39, 0.29) is 29.6 Å². The number of aromatic nitrogens is 2. The average molecular weight is 376 g/mol. The summed E-state index contributed by atoms with van der Waals surface area (Å²) in [6.07, 6.45) is -3.42. The second kappa shape index (κ2) is 6.51. The summed E-state index contributed by atoms with van der Waals surface area (Å²) < 4.78 is 38.8. The van der Waals surface area contributed by atoms with Crippen LogP contribution in [0, 0.1) is 11.8 Å². The summed E-state index contributed by atoms with van der Waals surface area (Å²) >= 11 is 0. The second-order valence-corrected chi connectivity index (χ2v) is 7.09. The number of hydrogen-bond acceptors (Lipinski definition) is 4. The van der Waals surface area contributed by atoms with Crippen LogP contribution in [0.4, 0.5) is 19.0 Å². The summed E-state index contributed by atoms with van der Waals surface area (Å²) in [6.45, 7) is 3.30. The summed E-state index contributed by atoms with van der Waals surface area (Å²) in [5, 5.41) is 0. The number of rotatable bonds is 2. The maximum Gasteiger partial charge on any atom is 0.451 e. The summed E-state index contributed by atoms with van der Waals surface area (Å²) in [4.78, 5) is 22.9. The molecule has 4 rings (SSSR count). The molecule has 0 spiro atoms. The van der Waals surface area contributed by atoms with Gasteiger partial charge < -0.3 is 9.80 Å². The van der Waals surface area contributed by atoms with Gasteiger partial charge in [0.2, 0.25) is 11.7 Å². The van der Waals surface area contributed by atoms with Gasteiger partial charge in [0, 0.05) is 44.6 Å². The lowest BCUT2D eigenvalue weighted by Crippen LogP contribution is -2.34. The molecule has 2 aliphatic rings. The van der Waals surface area contributed by atoms with Crippen LogP contribution in [0.1, 0.15) is 24.4 Å². The first-order valence-corrected chi connectivity index (χ1v) is 8.82. The van der Waals surface area contributed by atoms with Crippen molar-refractivity contribution < 1.29 is 18.0 Å². The predicted molar refractivity (Wildman–Crippen MR) is 92.8 cm³/mol. The van der Waals surface area contributed by atoms with Crippen LogP contribution in [0.15, 0.2) is 42.6 Å². The molecule has 2 aliphatic heterocycles. The van der Waals surface area contributed by atoms with Gasteiger partial charge in [0.25, 0.3) is 0 Å². The van der Waals surface area contributed by atoms with Gasteiger partial charge in [-0.3, -0.25) is 4.79 Å². The van der Waals surface area contributed by atoms with Gasteiger partial charge in [-0.05, 0) is 11.6 Å². The first kappa shape index (κ1) is 17.8. The van der Waals surface area contributed by atoms with E-state index in [0.29, 0.717) is 19.6 Å². The SMILES string of the molecule is CC(=O)N1C[C@H]2CN(c3ccnc(C(F)(F)F)n3)C[C@H]2[C@H]1c1ccccc1. The second-order valence-electron chi connectivity index (χ2n) is 7.09. The smallest absolute Gasteiger partial charge is 0.356 e. The van der Waals surface area contributed by atoms with Crippen LogP contribution in [-0.4, -0.2) is 40.4 Å². The number of anilines is 1. The molecule has 5 nitrogen and oxygen atoms in total. The van der Waals surface area contributed by atoms with E-state index in [1.807, 2.05) is 40.1 Å². The fourth-order valence-corrected chi connectivity index (χ4v) is 4.30. The third kappa shape index (κ3) is 3.24. The van der Waals surface area contributed by atoms with E-state index < -0.39 is 12.0 Å². The molecule has 0 radical (unpaired) electrons. The topological polar surface area (TPSA) is 49.3 Å². The highest BCUT2D eigenvalue weighted by molar-refractivity contribution is 5.74. The fourth-order valence-electron chi connectivity index (χ4n) is 4.30. The van der Waals surface area contributed by atoms with E-state index in [2.05, 4.69) is 9.97 Å². The maximum absolute atomic E-state index is 12.9. The molecule has 8 heteroatoms. The number of carbonyl (C=O) groups excluding carboxylic acids is 1. The van der Waals surface area contributed by atoms with Gasteiger partial charge in [-0.2, -0.15) is 13.2 Å². The van der Waals surface area contributed by atoms with Gasteiger partial charge >= 0.3 is 6.18 Å². The van der Waals surface area contributed by atoms with Crippen LogP contribution < -0.4 is 4.90 Å². The molecule has 2 aromatic rings. The average Bonchev–Trinajstić information content (AvgIpc) is 3.19. The van der Waals surface area contributed by atoms with Crippen molar-refractivity contribution in [2.24, 2.45) is 11.8 Å². The van der Waals surface area contributed by atoms with E-state index in [4.69, 9.17) is 0 Å². The Morgan fingerprint density at radius 1 is 1.11 bits per heavy atom. The van der Waals surface area contributed by atoms with E-state index in [0.717, 1.165) is 11.8 Å². The number of likely N-dealkylation sites (tertiary alicyclic amines) is 1. The lowest BCUT2D eigenvalue weighted by Gasteiger charge is -2.29. The number of halogens is 3. The van der Waals surface area contributed by atoms with Gasteiger partial charge in [-0.1, -0.05) is 30.3 Å². The molecule has 0 N–H and O–H groups in total. The molecule has 2 saturated heterocycles. The highest BCUT2D eigenvalue weighted by Gasteiger charge is 2.49. The van der Waals surface area contributed by atoms with E-state index in [1.54, 1.807) is 6.92 Å². The van der Waals surface area contributed by atoms with Crippen molar-refractivity contribution in [3.63, 3.8) is 0 Å². The highest BCUT2D eigenvalue weighted by Crippen LogP contribution is 2.45. The normalized spacial score (nSPS) is 25.0. The molecule has 1 aromatic carbocycles.